The van der Waals surface area contributed by atoms with Crippen molar-refractivity contribution in [3.05, 3.63) is 0 Å². The maximum Gasteiger partial charge on any atom is 0.278 e. The van der Waals surface area contributed by atoms with E-state index in [1.165, 1.54) is 0 Å². The summed E-state index contributed by atoms with van der Waals surface area (Å²) in [5.74, 6) is -1.00. The van der Waals surface area contributed by atoms with Crippen LogP contribution in [0.4, 0.5) is 0 Å². The maximum atomic E-state index is 11.7. The molecule has 0 bridgehead atoms. The van der Waals surface area contributed by atoms with Crippen molar-refractivity contribution in [3.8, 4) is 0 Å². The highest BCUT2D eigenvalue weighted by Gasteiger charge is 2.22. The number of aliphatic carboxylic acids is 1. The molecule has 0 aromatic carbocycles. The minimum absolute atomic E-state index is 0.187. The molecule has 5 nitrogen and oxygen atoms in total. The van der Waals surface area contributed by atoms with Crippen molar-refractivity contribution in [2.45, 2.75) is 52.6 Å². The molecular formula is C12H24N2O3. The summed E-state index contributed by atoms with van der Waals surface area (Å²) < 4.78 is 0. The third-order valence-corrected chi connectivity index (χ3v) is 2.43. The molecule has 0 aliphatic rings. The van der Waals surface area contributed by atoms with Gasteiger partial charge >= 0.3 is 0 Å². The Balaban J connectivity index is 4.35. The zero-order valence-electron chi connectivity index (χ0n) is 11.2. The number of quaternary nitrogens is 1. The molecule has 17 heavy (non-hydrogen) atoms. The van der Waals surface area contributed by atoms with Crippen LogP contribution in [0, 0.1) is 11.8 Å². The van der Waals surface area contributed by atoms with Crippen molar-refractivity contribution in [1.29, 1.82) is 0 Å². The molecule has 1 amide bonds. The van der Waals surface area contributed by atoms with E-state index in [0.717, 1.165) is 0 Å². The van der Waals surface area contributed by atoms with Gasteiger partial charge in [-0.15, -0.1) is 0 Å². The number of carboxylic acid groups (broad SMARTS) is 1. The van der Waals surface area contributed by atoms with Gasteiger partial charge in [0.25, 0.3) is 5.91 Å². The molecule has 0 unspecified atom stereocenters. The number of carboxylic acids is 1. The lowest BCUT2D eigenvalue weighted by atomic mass is 10.0. The standard InChI is InChI=1S/C12H24N2O3/c1-7(2)5-9(13)11(15)14-10(12(16)17)6-8(3)4/h7-10H,5-6,13H2,1-4H3,(H,14,15)(H,16,17)/t9-,10+/m1/s1. The molecule has 0 aliphatic heterocycles. The SMILES string of the molecule is CC(C)C[C@@H]([NH3+])C(=O)N[C@@H](CC(C)C)C(=O)[O-]. The Kier molecular flexibility index (Phi) is 6.80. The summed E-state index contributed by atoms with van der Waals surface area (Å²) in [5.41, 5.74) is 3.74. The van der Waals surface area contributed by atoms with E-state index in [1.54, 1.807) is 0 Å². The first-order chi connectivity index (χ1) is 7.73. The van der Waals surface area contributed by atoms with E-state index < -0.39 is 18.1 Å². The Labute approximate surface area is 103 Å². The van der Waals surface area contributed by atoms with Crippen LogP contribution in [0.3, 0.4) is 0 Å². The van der Waals surface area contributed by atoms with E-state index >= 15 is 0 Å². The first-order valence-corrected chi connectivity index (χ1v) is 6.08. The number of carbonyl (C=O) groups excluding carboxylic acids is 2. The van der Waals surface area contributed by atoms with Gasteiger partial charge in [-0.05, 0) is 18.3 Å². The lowest BCUT2D eigenvalue weighted by Gasteiger charge is -2.22. The van der Waals surface area contributed by atoms with Crippen molar-refractivity contribution in [3.63, 3.8) is 0 Å². The predicted octanol–water partition coefficient (Wildman–Crippen LogP) is -1.08. The summed E-state index contributed by atoms with van der Waals surface area (Å²) in [6, 6.07) is -1.33. The first-order valence-electron chi connectivity index (χ1n) is 6.08. The molecule has 4 N–H and O–H groups in total. The van der Waals surface area contributed by atoms with Gasteiger partial charge in [0.05, 0.1) is 12.0 Å². The van der Waals surface area contributed by atoms with Gasteiger partial charge in [0, 0.05) is 6.42 Å². The maximum absolute atomic E-state index is 11.7. The number of rotatable bonds is 7. The number of carbonyl (C=O) groups is 2. The summed E-state index contributed by atoms with van der Waals surface area (Å²) in [7, 11) is 0. The molecule has 0 rings (SSSR count). The van der Waals surface area contributed by atoms with Gasteiger partial charge in [-0.1, -0.05) is 27.7 Å². The van der Waals surface area contributed by atoms with Crippen molar-refractivity contribution >= 4 is 11.9 Å². The summed E-state index contributed by atoms with van der Waals surface area (Å²) in [5, 5.41) is 13.4. The molecule has 5 heteroatoms. The van der Waals surface area contributed by atoms with Crippen LogP contribution in [0.5, 0.6) is 0 Å². The summed E-state index contributed by atoms with van der Waals surface area (Å²) in [4.78, 5) is 22.6. The Morgan fingerprint density at radius 2 is 1.59 bits per heavy atom. The van der Waals surface area contributed by atoms with E-state index in [9.17, 15) is 14.7 Å². The van der Waals surface area contributed by atoms with Gasteiger partial charge in [-0.25, -0.2) is 0 Å². The lowest BCUT2D eigenvalue weighted by Crippen LogP contribution is -2.69. The largest absolute Gasteiger partial charge is 0.548 e. The lowest BCUT2D eigenvalue weighted by molar-refractivity contribution is -0.406. The highest BCUT2D eigenvalue weighted by Crippen LogP contribution is 2.06. The van der Waals surface area contributed by atoms with Gasteiger partial charge in [-0.2, -0.15) is 0 Å². The Hall–Kier alpha value is -1.10. The molecule has 0 radical (unpaired) electrons. The predicted molar refractivity (Wildman–Crippen MR) is 62.5 cm³/mol. The number of amides is 1. The van der Waals surface area contributed by atoms with E-state index in [1.807, 2.05) is 27.7 Å². The molecule has 0 fully saturated rings. The normalized spacial score (nSPS) is 14.8. The van der Waals surface area contributed by atoms with Crippen LogP contribution in [0.1, 0.15) is 40.5 Å². The summed E-state index contributed by atoms with van der Waals surface area (Å²) >= 11 is 0. The third kappa shape index (κ3) is 6.94. The monoisotopic (exact) mass is 244 g/mol. The summed E-state index contributed by atoms with van der Waals surface area (Å²) in [6.45, 7) is 7.79. The fraction of sp³-hybridized carbons (Fsp3) is 0.833. The van der Waals surface area contributed by atoms with E-state index in [-0.39, 0.29) is 11.8 Å². The fourth-order valence-corrected chi connectivity index (χ4v) is 1.65. The number of hydrogen-bond acceptors (Lipinski definition) is 3. The van der Waals surface area contributed by atoms with Crippen molar-refractivity contribution in [2.75, 3.05) is 0 Å². The van der Waals surface area contributed by atoms with Gasteiger partial charge in [-0.3, -0.25) is 4.79 Å². The molecule has 0 aromatic heterocycles. The van der Waals surface area contributed by atoms with E-state index in [0.29, 0.717) is 18.8 Å². The average Bonchev–Trinajstić information content (AvgIpc) is 2.14. The van der Waals surface area contributed by atoms with E-state index in [4.69, 9.17) is 0 Å². The van der Waals surface area contributed by atoms with Gasteiger partial charge < -0.3 is 21.0 Å². The summed E-state index contributed by atoms with van der Waals surface area (Å²) in [6.07, 6.45) is 1.02. The fourth-order valence-electron chi connectivity index (χ4n) is 1.65. The Bertz CT molecular complexity index is 264. The minimum Gasteiger partial charge on any atom is -0.548 e. The van der Waals surface area contributed by atoms with Crippen LogP contribution < -0.4 is 16.2 Å². The molecule has 100 valence electrons. The van der Waals surface area contributed by atoms with Crippen LogP contribution >= 0.6 is 0 Å². The first kappa shape index (κ1) is 15.9. The van der Waals surface area contributed by atoms with E-state index in [2.05, 4.69) is 11.1 Å². The van der Waals surface area contributed by atoms with Crippen LogP contribution in [-0.4, -0.2) is 24.0 Å². The number of hydrogen-bond donors (Lipinski definition) is 2. The molecule has 0 aliphatic carbocycles. The van der Waals surface area contributed by atoms with Crippen molar-refractivity contribution < 1.29 is 20.4 Å². The molecule has 0 aromatic rings. The van der Waals surface area contributed by atoms with Crippen LogP contribution in [-0.2, 0) is 9.59 Å². The highest BCUT2D eigenvalue weighted by atomic mass is 16.4. The average molecular weight is 244 g/mol. The van der Waals surface area contributed by atoms with Gasteiger partial charge in [0.1, 0.15) is 0 Å². The molecule has 2 atom stereocenters. The molecule has 0 spiro atoms. The van der Waals surface area contributed by atoms with Crippen molar-refractivity contribution in [2.24, 2.45) is 11.8 Å². The van der Waals surface area contributed by atoms with Gasteiger partial charge in [0.15, 0.2) is 6.04 Å². The molecule has 0 saturated carbocycles. The third-order valence-electron chi connectivity index (χ3n) is 2.43. The van der Waals surface area contributed by atoms with Crippen LogP contribution in [0.25, 0.3) is 0 Å². The second-order valence-corrected chi connectivity index (χ2v) is 5.34. The second-order valence-electron chi connectivity index (χ2n) is 5.34. The minimum atomic E-state index is -1.23. The topological polar surface area (TPSA) is 96.9 Å². The molecule has 0 heterocycles. The highest BCUT2D eigenvalue weighted by molar-refractivity contribution is 5.85. The smallest absolute Gasteiger partial charge is 0.278 e. The van der Waals surface area contributed by atoms with Crippen LogP contribution in [0.2, 0.25) is 0 Å². The van der Waals surface area contributed by atoms with Crippen molar-refractivity contribution in [1.82, 2.24) is 5.32 Å². The quantitative estimate of drug-likeness (QED) is 0.596. The van der Waals surface area contributed by atoms with Gasteiger partial charge in [0.2, 0.25) is 0 Å². The van der Waals surface area contributed by atoms with Crippen LogP contribution in [0.15, 0.2) is 0 Å². The molecule has 0 saturated heterocycles. The Morgan fingerprint density at radius 1 is 1.12 bits per heavy atom. The zero-order valence-corrected chi connectivity index (χ0v) is 11.2. The molecular weight excluding hydrogens is 220 g/mol. The Morgan fingerprint density at radius 3 is 1.94 bits per heavy atom. The zero-order chi connectivity index (χ0) is 13.6. The number of nitrogens with one attached hydrogen (secondary N) is 1. The second kappa shape index (κ2) is 7.27.